The molecule has 1 amide bonds. The van der Waals surface area contributed by atoms with Gasteiger partial charge in [-0.2, -0.15) is 5.10 Å². The summed E-state index contributed by atoms with van der Waals surface area (Å²) >= 11 is 1.47. The first-order chi connectivity index (χ1) is 10.6. The number of thiophene rings is 1. The molecular weight excluding hydrogens is 298 g/mol. The first-order valence-electron chi connectivity index (χ1n) is 6.83. The van der Waals surface area contributed by atoms with E-state index in [9.17, 15) is 4.79 Å². The van der Waals surface area contributed by atoms with E-state index in [0.717, 1.165) is 10.4 Å². The minimum absolute atomic E-state index is 0.104. The largest absolute Gasteiger partial charge is 0.342 e. The van der Waals surface area contributed by atoms with Crippen molar-refractivity contribution >= 4 is 17.2 Å². The molecule has 3 aromatic heterocycles. The molecule has 0 radical (unpaired) electrons. The molecule has 0 bridgehead atoms. The van der Waals surface area contributed by atoms with Crippen molar-refractivity contribution in [2.45, 2.75) is 19.9 Å². The van der Waals surface area contributed by atoms with Gasteiger partial charge in [0.25, 0.3) is 5.91 Å². The Bertz CT molecular complexity index is 780. The molecule has 0 aromatic carbocycles. The van der Waals surface area contributed by atoms with Crippen molar-refractivity contribution in [3.05, 3.63) is 52.2 Å². The van der Waals surface area contributed by atoms with Crippen LogP contribution >= 0.6 is 11.3 Å². The van der Waals surface area contributed by atoms with E-state index in [2.05, 4.69) is 25.5 Å². The van der Waals surface area contributed by atoms with E-state index in [1.165, 1.54) is 11.3 Å². The first-order valence-corrected chi connectivity index (χ1v) is 7.65. The number of hydrogen-bond donors (Lipinski definition) is 2. The van der Waals surface area contributed by atoms with E-state index >= 15 is 0 Å². The number of carbonyl (C=O) groups excluding carboxylic acids is 1. The van der Waals surface area contributed by atoms with Gasteiger partial charge in [-0.15, -0.1) is 11.3 Å². The normalized spacial score (nSPS) is 12.1. The van der Waals surface area contributed by atoms with Crippen LogP contribution < -0.4 is 5.32 Å². The number of hydrogen-bond acceptors (Lipinski definition) is 5. The van der Waals surface area contributed by atoms with Gasteiger partial charge in [0.2, 0.25) is 0 Å². The first kappa shape index (κ1) is 14.4. The van der Waals surface area contributed by atoms with Gasteiger partial charge in [-0.1, -0.05) is 0 Å². The van der Waals surface area contributed by atoms with Gasteiger partial charge in [0.05, 0.1) is 10.9 Å². The van der Waals surface area contributed by atoms with Crippen LogP contribution in [0.2, 0.25) is 0 Å². The Balaban J connectivity index is 1.72. The second-order valence-corrected chi connectivity index (χ2v) is 6.17. The molecule has 22 heavy (non-hydrogen) atoms. The Kier molecular flexibility index (Phi) is 3.97. The number of nitrogens with one attached hydrogen (secondary N) is 2. The zero-order valence-corrected chi connectivity index (χ0v) is 13.0. The number of rotatable bonds is 4. The molecule has 0 spiro atoms. The van der Waals surface area contributed by atoms with Crippen LogP contribution in [0.4, 0.5) is 0 Å². The quantitative estimate of drug-likeness (QED) is 0.775. The fraction of sp³-hybridized carbons (Fsp3) is 0.200. The van der Waals surface area contributed by atoms with Gasteiger partial charge in [0, 0.05) is 22.8 Å². The maximum Gasteiger partial charge on any atom is 0.261 e. The number of H-pyrrole nitrogens is 1. The fourth-order valence-corrected chi connectivity index (χ4v) is 2.76. The Morgan fingerprint density at radius 1 is 1.27 bits per heavy atom. The lowest BCUT2D eigenvalue weighted by atomic mass is 10.2. The summed E-state index contributed by atoms with van der Waals surface area (Å²) in [5, 5.41) is 9.97. The van der Waals surface area contributed by atoms with Crippen LogP contribution in [-0.2, 0) is 0 Å². The highest BCUT2D eigenvalue weighted by Gasteiger charge is 2.16. The van der Waals surface area contributed by atoms with E-state index in [4.69, 9.17) is 0 Å². The van der Waals surface area contributed by atoms with Crippen LogP contribution in [0.15, 0.2) is 36.7 Å². The molecule has 0 aliphatic heterocycles. The van der Waals surface area contributed by atoms with Gasteiger partial charge in [0.1, 0.15) is 5.82 Å². The summed E-state index contributed by atoms with van der Waals surface area (Å²) in [5.41, 5.74) is 0.880. The van der Waals surface area contributed by atoms with E-state index in [-0.39, 0.29) is 11.9 Å². The lowest BCUT2D eigenvalue weighted by molar-refractivity contribution is 0.0942. The number of nitrogens with zero attached hydrogens (tertiary/aromatic N) is 3. The van der Waals surface area contributed by atoms with Crippen LogP contribution in [0.5, 0.6) is 0 Å². The third-order valence-electron chi connectivity index (χ3n) is 3.16. The molecule has 3 aromatic rings. The summed E-state index contributed by atoms with van der Waals surface area (Å²) in [4.78, 5) is 22.3. The minimum Gasteiger partial charge on any atom is -0.342 e. The van der Waals surface area contributed by atoms with E-state index in [1.807, 2.05) is 38.1 Å². The van der Waals surface area contributed by atoms with Crippen molar-refractivity contribution in [1.29, 1.82) is 0 Å². The Morgan fingerprint density at radius 3 is 2.73 bits per heavy atom. The number of aromatic amines is 1. The zero-order valence-electron chi connectivity index (χ0n) is 12.2. The van der Waals surface area contributed by atoms with Crippen LogP contribution in [0.25, 0.3) is 11.4 Å². The molecule has 0 unspecified atom stereocenters. The highest BCUT2D eigenvalue weighted by atomic mass is 32.1. The highest BCUT2D eigenvalue weighted by molar-refractivity contribution is 7.13. The summed E-state index contributed by atoms with van der Waals surface area (Å²) in [6.07, 6.45) is 3.38. The Hall–Kier alpha value is -2.54. The molecule has 0 fully saturated rings. The Morgan fingerprint density at radius 2 is 2.05 bits per heavy atom. The molecule has 7 heteroatoms. The third-order valence-corrected chi connectivity index (χ3v) is 4.16. The molecule has 6 nitrogen and oxygen atoms in total. The van der Waals surface area contributed by atoms with E-state index in [0.29, 0.717) is 16.5 Å². The predicted octanol–water partition coefficient (Wildman–Crippen LogP) is 2.73. The monoisotopic (exact) mass is 313 g/mol. The summed E-state index contributed by atoms with van der Waals surface area (Å²) in [6, 6.07) is 7.18. The number of pyridine rings is 1. The van der Waals surface area contributed by atoms with Crippen molar-refractivity contribution in [3.63, 3.8) is 0 Å². The highest BCUT2D eigenvalue weighted by Crippen LogP contribution is 2.18. The lowest BCUT2D eigenvalue weighted by Crippen LogP contribution is -2.26. The van der Waals surface area contributed by atoms with Crippen LogP contribution in [0, 0.1) is 6.92 Å². The van der Waals surface area contributed by atoms with Crippen molar-refractivity contribution in [2.24, 2.45) is 0 Å². The van der Waals surface area contributed by atoms with Crippen molar-refractivity contribution < 1.29 is 4.79 Å². The second-order valence-electron chi connectivity index (χ2n) is 4.89. The summed E-state index contributed by atoms with van der Waals surface area (Å²) in [5.74, 6) is 1.10. The van der Waals surface area contributed by atoms with Crippen molar-refractivity contribution in [2.75, 3.05) is 0 Å². The molecule has 1 atom stereocenters. The number of aromatic nitrogens is 4. The van der Waals surface area contributed by atoms with Gasteiger partial charge >= 0.3 is 0 Å². The van der Waals surface area contributed by atoms with Crippen LogP contribution in [0.3, 0.4) is 0 Å². The fourth-order valence-electron chi connectivity index (χ4n) is 1.99. The minimum atomic E-state index is -0.252. The van der Waals surface area contributed by atoms with Crippen molar-refractivity contribution in [1.82, 2.24) is 25.5 Å². The smallest absolute Gasteiger partial charge is 0.261 e. The molecular formula is C15H15N5OS. The van der Waals surface area contributed by atoms with Gasteiger partial charge < -0.3 is 5.32 Å². The number of carbonyl (C=O) groups is 1. The zero-order chi connectivity index (χ0) is 15.5. The Labute approximate surface area is 131 Å². The molecule has 0 saturated heterocycles. The van der Waals surface area contributed by atoms with Gasteiger partial charge in [-0.3, -0.25) is 14.9 Å². The number of aryl methyl sites for hydroxylation is 1. The molecule has 0 saturated carbocycles. The number of amides is 1. The molecule has 2 N–H and O–H groups in total. The van der Waals surface area contributed by atoms with Crippen LogP contribution in [-0.4, -0.2) is 26.1 Å². The van der Waals surface area contributed by atoms with E-state index in [1.54, 1.807) is 12.4 Å². The van der Waals surface area contributed by atoms with E-state index < -0.39 is 0 Å². The second kappa shape index (κ2) is 6.07. The summed E-state index contributed by atoms with van der Waals surface area (Å²) < 4.78 is 0. The predicted molar refractivity (Wildman–Crippen MR) is 84.6 cm³/mol. The van der Waals surface area contributed by atoms with Gasteiger partial charge in [0.15, 0.2) is 5.82 Å². The lowest BCUT2D eigenvalue weighted by Gasteiger charge is -2.09. The SMILES string of the molecule is Cc1ccc(C(=O)N[C@H](C)c2nc(-c3ccncc3)n[nH]2)s1. The average Bonchev–Trinajstić information content (AvgIpc) is 3.17. The molecule has 0 aliphatic carbocycles. The molecule has 3 heterocycles. The molecule has 3 rings (SSSR count). The summed E-state index contributed by atoms with van der Waals surface area (Å²) in [6.45, 7) is 3.84. The van der Waals surface area contributed by atoms with Crippen molar-refractivity contribution in [3.8, 4) is 11.4 Å². The third kappa shape index (κ3) is 3.04. The topological polar surface area (TPSA) is 83.6 Å². The van der Waals surface area contributed by atoms with Crippen LogP contribution in [0.1, 0.15) is 33.3 Å². The maximum atomic E-state index is 12.1. The maximum absolute atomic E-state index is 12.1. The summed E-state index contributed by atoms with van der Waals surface area (Å²) in [7, 11) is 0. The van der Waals surface area contributed by atoms with Gasteiger partial charge in [-0.05, 0) is 38.1 Å². The average molecular weight is 313 g/mol. The van der Waals surface area contributed by atoms with Gasteiger partial charge in [-0.25, -0.2) is 4.98 Å². The standard InChI is InChI=1S/C15H15N5OS/c1-9-3-4-12(22-9)15(21)17-10(2)13-18-14(20-19-13)11-5-7-16-8-6-11/h3-8,10H,1-2H3,(H,17,21)(H,18,19,20)/t10-/m1/s1. The molecule has 0 aliphatic rings. The molecule has 112 valence electrons.